The molecule has 0 spiro atoms. The predicted octanol–water partition coefficient (Wildman–Crippen LogP) is 5.34. The fourth-order valence-electron chi connectivity index (χ4n) is 2.84. The van der Waals surface area contributed by atoms with E-state index in [4.69, 9.17) is 16.3 Å². The van der Waals surface area contributed by atoms with Crippen molar-refractivity contribution in [3.63, 3.8) is 0 Å². The highest BCUT2D eigenvalue weighted by molar-refractivity contribution is 6.31. The summed E-state index contributed by atoms with van der Waals surface area (Å²) < 4.78 is 5.82. The highest BCUT2D eigenvalue weighted by Gasteiger charge is 2.25. The summed E-state index contributed by atoms with van der Waals surface area (Å²) >= 11 is 6.36. The van der Waals surface area contributed by atoms with Crippen molar-refractivity contribution in [1.82, 2.24) is 15.0 Å². The zero-order valence-electron chi connectivity index (χ0n) is 14.4. The molecule has 2 aromatic heterocycles. The molecule has 0 unspecified atom stereocenters. The lowest BCUT2D eigenvalue weighted by Crippen LogP contribution is -2.01. The fraction of sp³-hybridized carbons (Fsp3) is 0.190. The number of hydrogen-bond donors (Lipinski definition) is 0. The van der Waals surface area contributed by atoms with Crippen LogP contribution in [0.1, 0.15) is 31.0 Å². The molecule has 0 radical (unpaired) electrons. The Balaban J connectivity index is 1.79. The zero-order chi connectivity index (χ0) is 18.1. The van der Waals surface area contributed by atoms with Crippen LogP contribution in [0.3, 0.4) is 0 Å². The van der Waals surface area contributed by atoms with Gasteiger partial charge in [0.15, 0.2) is 10.9 Å². The first-order valence-corrected chi connectivity index (χ1v) is 8.94. The molecule has 1 aliphatic rings. The second-order valence-electron chi connectivity index (χ2n) is 6.23. The van der Waals surface area contributed by atoms with Gasteiger partial charge in [-0.2, -0.15) is 0 Å². The standard InChI is InChI=1S/C21H18ClN3O/c1-3-16(13(2)14-7-5-4-6-8-14)19-20-17(23-12-24-19)11-18(21(22)25-20)26-15-9-10-15/h3-8,11-12,15H,2,9-10H2,1H3/b16-3+. The molecule has 1 aromatic carbocycles. The normalized spacial score (nSPS) is 14.5. The first-order chi connectivity index (χ1) is 12.7. The molecule has 0 saturated heterocycles. The van der Waals surface area contributed by atoms with E-state index >= 15 is 0 Å². The van der Waals surface area contributed by atoms with Crippen LogP contribution >= 0.6 is 11.6 Å². The molecule has 1 fully saturated rings. The van der Waals surface area contributed by atoms with E-state index in [1.807, 2.05) is 49.4 Å². The summed E-state index contributed by atoms with van der Waals surface area (Å²) in [7, 11) is 0. The predicted molar refractivity (Wildman–Crippen MR) is 105 cm³/mol. The van der Waals surface area contributed by atoms with Crippen molar-refractivity contribution in [3.8, 4) is 5.75 Å². The minimum atomic E-state index is 0.247. The van der Waals surface area contributed by atoms with Crippen LogP contribution in [0.25, 0.3) is 22.2 Å². The van der Waals surface area contributed by atoms with Gasteiger partial charge in [-0.1, -0.05) is 54.6 Å². The van der Waals surface area contributed by atoms with Crippen LogP contribution in [0.5, 0.6) is 5.75 Å². The molecule has 0 bridgehead atoms. The minimum absolute atomic E-state index is 0.247. The van der Waals surface area contributed by atoms with Gasteiger partial charge in [0, 0.05) is 11.6 Å². The molecule has 0 amide bonds. The van der Waals surface area contributed by atoms with Gasteiger partial charge < -0.3 is 4.74 Å². The minimum Gasteiger partial charge on any atom is -0.487 e. The van der Waals surface area contributed by atoms with E-state index in [9.17, 15) is 0 Å². The molecule has 4 rings (SSSR count). The van der Waals surface area contributed by atoms with Crippen LogP contribution in [0.4, 0.5) is 0 Å². The summed E-state index contributed by atoms with van der Waals surface area (Å²) in [6, 6.07) is 11.8. The molecule has 3 aromatic rings. The Kier molecular flexibility index (Phi) is 4.43. The number of halogens is 1. The second-order valence-corrected chi connectivity index (χ2v) is 6.59. The maximum atomic E-state index is 6.36. The van der Waals surface area contributed by atoms with Crippen LogP contribution in [0.15, 0.2) is 55.4 Å². The van der Waals surface area contributed by atoms with E-state index in [0.29, 0.717) is 27.6 Å². The van der Waals surface area contributed by atoms with E-state index in [1.54, 1.807) is 0 Å². The van der Waals surface area contributed by atoms with Crippen LogP contribution in [-0.4, -0.2) is 21.1 Å². The van der Waals surface area contributed by atoms with E-state index in [0.717, 1.165) is 29.6 Å². The van der Waals surface area contributed by atoms with Gasteiger partial charge >= 0.3 is 0 Å². The fourth-order valence-corrected chi connectivity index (χ4v) is 3.02. The molecule has 26 heavy (non-hydrogen) atoms. The number of hydrogen-bond acceptors (Lipinski definition) is 4. The Bertz CT molecular complexity index is 1010. The lowest BCUT2D eigenvalue weighted by atomic mass is 9.96. The van der Waals surface area contributed by atoms with Crippen molar-refractivity contribution in [2.45, 2.75) is 25.9 Å². The van der Waals surface area contributed by atoms with Crippen molar-refractivity contribution in [2.75, 3.05) is 0 Å². The maximum absolute atomic E-state index is 6.36. The zero-order valence-corrected chi connectivity index (χ0v) is 15.2. The number of benzene rings is 1. The SMILES string of the molecule is C=C(/C(=C\C)c1ncnc2cc(OC3CC3)c(Cl)nc12)c1ccccc1. The van der Waals surface area contributed by atoms with E-state index < -0.39 is 0 Å². The number of fused-ring (bicyclic) bond motifs is 1. The van der Waals surface area contributed by atoms with Gasteiger partial charge in [0.1, 0.15) is 17.5 Å². The Morgan fingerprint density at radius 2 is 2.00 bits per heavy atom. The van der Waals surface area contributed by atoms with Crippen molar-refractivity contribution in [3.05, 3.63) is 71.8 Å². The first kappa shape index (κ1) is 16.7. The van der Waals surface area contributed by atoms with Crippen LogP contribution in [0, 0.1) is 0 Å². The monoisotopic (exact) mass is 363 g/mol. The average molecular weight is 364 g/mol. The van der Waals surface area contributed by atoms with Crippen LogP contribution in [0.2, 0.25) is 5.15 Å². The van der Waals surface area contributed by atoms with Gasteiger partial charge in [0.25, 0.3) is 0 Å². The van der Waals surface area contributed by atoms with Gasteiger partial charge in [-0.3, -0.25) is 0 Å². The summed E-state index contributed by atoms with van der Waals surface area (Å²) in [5, 5.41) is 0.334. The van der Waals surface area contributed by atoms with Crippen molar-refractivity contribution in [2.24, 2.45) is 0 Å². The van der Waals surface area contributed by atoms with Gasteiger partial charge in [-0.25, -0.2) is 15.0 Å². The lowest BCUT2D eigenvalue weighted by molar-refractivity contribution is 0.302. The number of aromatic nitrogens is 3. The molecule has 2 heterocycles. The molecule has 1 aliphatic carbocycles. The highest BCUT2D eigenvalue weighted by Crippen LogP contribution is 2.36. The lowest BCUT2D eigenvalue weighted by Gasteiger charge is -2.13. The van der Waals surface area contributed by atoms with Crippen molar-refractivity contribution < 1.29 is 4.74 Å². The van der Waals surface area contributed by atoms with Gasteiger partial charge in [-0.15, -0.1) is 0 Å². The third kappa shape index (κ3) is 3.20. The van der Waals surface area contributed by atoms with Gasteiger partial charge in [0.2, 0.25) is 0 Å². The van der Waals surface area contributed by atoms with E-state index in [1.165, 1.54) is 6.33 Å². The molecule has 5 heteroatoms. The van der Waals surface area contributed by atoms with Crippen LogP contribution < -0.4 is 4.74 Å². The third-order valence-corrected chi connectivity index (χ3v) is 4.61. The topological polar surface area (TPSA) is 47.9 Å². The largest absolute Gasteiger partial charge is 0.487 e. The first-order valence-electron chi connectivity index (χ1n) is 8.56. The molecule has 130 valence electrons. The van der Waals surface area contributed by atoms with Gasteiger partial charge in [-0.05, 0) is 30.9 Å². The molecule has 4 nitrogen and oxygen atoms in total. The number of pyridine rings is 1. The second kappa shape index (κ2) is 6.89. The molecule has 1 saturated carbocycles. The number of allylic oxidation sites excluding steroid dienone is 3. The molecular formula is C21H18ClN3O. The third-order valence-electron chi connectivity index (χ3n) is 4.34. The average Bonchev–Trinajstić information content (AvgIpc) is 3.48. The molecule has 0 atom stereocenters. The Morgan fingerprint density at radius 1 is 1.23 bits per heavy atom. The number of rotatable bonds is 5. The summed E-state index contributed by atoms with van der Waals surface area (Å²) in [4.78, 5) is 13.4. The smallest absolute Gasteiger partial charge is 0.171 e. The number of ether oxygens (including phenoxy) is 1. The van der Waals surface area contributed by atoms with Crippen molar-refractivity contribution >= 4 is 33.8 Å². The Morgan fingerprint density at radius 3 is 2.69 bits per heavy atom. The summed E-state index contributed by atoms with van der Waals surface area (Å²) in [6.07, 6.45) is 5.89. The van der Waals surface area contributed by atoms with E-state index in [-0.39, 0.29) is 6.10 Å². The highest BCUT2D eigenvalue weighted by atomic mass is 35.5. The summed E-state index contributed by atoms with van der Waals surface area (Å²) in [5.41, 5.74) is 4.88. The van der Waals surface area contributed by atoms with E-state index in [2.05, 4.69) is 21.5 Å². The number of nitrogens with zero attached hydrogens (tertiary/aromatic N) is 3. The molecular weight excluding hydrogens is 346 g/mol. The quantitative estimate of drug-likeness (QED) is 0.453. The van der Waals surface area contributed by atoms with Crippen LogP contribution in [-0.2, 0) is 0 Å². The maximum Gasteiger partial charge on any atom is 0.171 e. The van der Waals surface area contributed by atoms with Gasteiger partial charge in [0.05, 0.1) is 11.6 Å². The summed E-state index contributed by atoms with van der Waals surface area (Å²) in [5.74, 6) is 0.579. The molecule has 0 aliphatic heterocycles. The Hall–Kier alpha value is -2.72. The Labute approximate surface area is 157 Å². The molecule has 0 N–H and O–H groups in total. The van der Waals surface area contributed by atoms with Crippen molar-refractivity contribution in [1.29, 1.82) is 0 Å². The summed E-state index contributed by atoms with van der Waals surface area (Å²) in [6.45, 7) is 6.21.